The van der Waals surface area contributed by atoms with Crippen LogP contribution in [-0.4, -0.2) is 22.9 Å². The Morgan fingerprint density at radius 2 is 2.10 bits per heavy atom. The van der Waals surface area contributed by atoms with Crippen LogP contribution >= 0.6 is 0 Å². The summed E-state index contributed by atoms with van der Waals surface area (Å²) < 4.78 is 13.5. The fourth-order valence-electron chi connectivity index (χ4n) is 1.64. The first-order valence-electron chi connectivity index (χ1n) is 5.90. The van der Waals surface area contributed by atoms with E-state index in [0.717, 1.165) is 12.1 Å². The summed E-state index contributed by atoms with van der Waals surface area (Å²) in [6.07, 6.45) is 1.46. The van der Waals surface area contributed by atoms with Crippen LogP contribution in [0.5, 0.6) is 0 Å². The maximum Gasteiger partial charge on any atom is 0.304 e. The lowest BCUT2D eigenvalue weighted by Crippen LogP contribution is -2.12. The molecule has 2 rings (SSSR count). The number of aromatic nitrogens is 1. The Kier molecular flexibility index (Phi) is 4.07. The van der Waals surface area contributed by atoms with Crippen LogP contribution in [-0.2, 0) is 0 Å². The van der Waals surface area contributed by atoms with Gasteiger partial charge in [-0.05, 0) is 18.2 Å². The number of nitrogens with one attached hydrogen (secondary N) is 2. The number of nitrogens with zero attached hydrogens (tertiary/aromatic N) is 2. The molecule has 21 heavy (non-hydrogen) atoms. The molecule has 0 unspecified atom stereocenters. The van der Waals surface area contributed by atoms with Crippen LogP contribution in [0.3, 0.4) is 0 Å². The number of amides is 1. The van der Waals surface area contributed by atoms with Gasteiger partial charge in [0.25, 0.3) is 5.91 Å². The van der Waals surface area contributed by atoms with Gasteiger partial charge in [-0.25, -0.2) is 4.98 Å². The molecular formula is C13H11FN4O3. The predicted molar refractivity (Wildman–Crippen MR) is 74.8 cm³/mol. The molecule has 2 N–H and O–H groups in total. The molecule has 0 aliphatic rings. The highest BCUT2D eigenvalue weighted by molar-refractivity contribution is 6.04. The highest BCUT2D eigenvalue weighted by atomic mass is 19.1. The molecule has 7 nitrogen and oxygen atoms in total. The van der Waals surface area contributed by atoms with E-state index in [1.54, 1.807) is 7.05 Å². The van der Waals surface area contributed by atoms with Crippen molar-refractivity contribution < 1.29 is 14.1 Å². The Morgan fingerprint density at radius 1 is 1.33 bits per heavy atom. The van der Waals surface area contributed by atoms with Crippen molar-refractivity contribution in [2.75, 3.05) is 17.7 Å². The summed E-state index contributed by atoms with van der Waals surface area (Å²) in [5.74, 6) is -0.969. The van der Waals surface area contributed by atoms with Gasteiger partial charge in [0, 0.05) is 36.6 Å². The van der Waals surface area contributed by atoms with Gasteiger partial charge in [-0.1, -0.05) is 0 Å². The Morgan fingerprint density at radius 3 is 2.71 bits per heavy atom. The summed E-state index contributed by atoms with van der Waals surface area (Å²) >= 11 is 0. The van der Waals surface area contributed by atoms with Crippen LogP contribution in [0.1, 0.15) is 10.4 Å². The van der Waals surface area contributed by atoms with Crippen LogP contribution in [0.2, 0.25) is 0 Å². The molecular weight excluding hydrogens is 279 g/mol. The fourth-order valence-corrected chi connectivity index (χ4v) is 1.64. The molecule has 0 aliphatic heterocycles. The second kappa shape index (κ2) is 5.95. The summed E-state index contributed by atoms with van der Waals surface area (Å²) in [6.45, 7) is 0. The summed E-state index contributed by atoms with van der Waals surface area (Å²) in [6, 6.07) is 6.18. The number of halogens is 1. The molecule has 1 aromatic heterocycles. The fraction of sp³-hybridized carbons (Fsp3) is 0.0769. The second-order valence-electron chi connectivity index (χ2n) is 4.06. The Balaban J connectivity index is 2.19. The monoisotopic (exact) mass is 290 g/mol. The molecule has 1 aromatic carbocycles. The van der Waals surface area contributed by atoms with Crippen molar-refractivity contribution in [2.45, 2.75) is 0 Å². The lowest BCUT2D eigenvalue weighted by atomic mass is 10.2. The number of benzene rings is 1. The molecule has 0 saturated carbocycles. The van der Waals surface area contributed by atoms with Gasteiger partial charge >= 0.3 is 5.69 Å². The molecule has 0 saturated heterocycles. The van der Waals surface area contributed by atoms with Crippen LogP contribution < -0.4 is 10.6 Å². The third-order valence-corrected chi connectivity index (χ3v) is 2.68. The number of hydrogen-bond acceptors (Lipinski definition) is 5. The van der Waals surface area contributed by atoms with Gasteiger partial charge in [-0.15, -0.1) is 0 Å². The first kappa shape index (κ1) is 14.4. The largest absolute Gasteiger partial charge is 0.373 e. The minimum Gasteiger partial charge on any atom is -0.373 e. The Labute approximate surface area is 119 Å². The molecule has 1 amide bonds. The first-order chi connectivity index (χ1) is 10.0. The van der Waals surface area contributed by atoms with Crippen molar-refractivity contribution in [3.8, 4) is 0 Å². The molecule has 0 spiro atoms. The van der Waals surface area contributed by atoms with Crippen molar-refractivity contribution in [2.24, 2.45) is 0 Å². The predicted octanol–water partition coefficient (Wildman–Crippen LogP) is 2.42. The van der Waals surface area contributed by atoms with Crippen molar-refractivity contribution >= 4 is 23.1 Å². The number of carbonyl (C=O) groups is 1. The molecule has 0 aliphatic carbocycles. The van der Waals surface area contributed by atoms with Gasteiger partial charge < -0.3 is 10.6 Å². The summed E-state index contributed by atoms with van der Waals surface area (Å²) in [4.78, 5) is 25.6. The number of carbonyl (C=O) groups excluding carboxylic acids is 1. The normalized spacial score (nSPS) is 10.0. The van der Waals surface area contributed by atoms with Gasteiger partial charge in [-0.3, -0.25) is 14.9 Å². The van der Waals surface area contributed by atoms with E-state index >= 15 is 0 Å². The highest BCUT2D eigenvalue weighted by Gasteiger charge is 2.15. The van der Waals surface area contributed by atoms with E-state index in [9.17, 15) is 19.3 Å². The maximum atomic E-state index is 13.5. The van der Waals surface area contributed by atoms with Gasteiger partial charge in [0.1, 0.15) is 5.82 Å². The molecule has 0 radical (unpaired) electrons. The molecule has 0 fully saturated rings. The second-order valence-corrected chi connectivity index (χ2v) is 4.06. The van der Waals surface area contributed by atoms with Gasteiger partial charge in [-0.2, -0.15) is 4.39 Å². The average molecular weight is 290 g/mol. The number of hydrogen-bond donors (Lipinski definition) is 2. The third kappa shape index (κ3) is 3.30. The molecule has 2 aromatic rings. The molecule has 1 heterocycles. The molecule has 0 bridgehead atoms. The van der Waals surface area contributed by atoms with Crippen molar-refractivity contribution in [1.29, 1.82) is 0 Å². The zero-order chi connectivity index (χ0) is 15.4. The molecule has 8 heteroatoms. The van der Waals surface area contributed by atoms with E-state index in [1.165, 1.54) is 24.4 Å². The Hall–Kier alpha value is -3.03. The highest BCUT2D eigenvalue weighted by Crippen LogP contribution is 2.21. The van der Waals surface area contributed by atoms with Crippen molar-refractivity contribution in [3.63, 3.8) is 0 Å². The SMILES string of the molecule is CNc1cc(C(=O)Nc2ccc([N+](=O)[O-])c(F)c2)ccn1. The van der Waals surface area contributed by atoms with Crippen LogP contribution in [0, 0.1) is 15.9 Å². The lowest BCUT2D eigenvalue weighted by molar-refractivity contribution is -0.387. The van der Waals surface area contributed by atoms with Crippen LogP contribution in [0.4, 0.5) is 21.6 Å². The van der Waals surface area contributed by atoms with Gasteiger partial charge in [0.05, 0.1) is 4.92 Å². The summed E-state index contributed by atoms with van der Waals surface area (Å²) in [5, 5.41) is 15.8. The van der Waals surface area contributed by atoms with E-state index in [-0.39, 0.29) is 5.69 Å². The minimum absolute atomic E-state index is 0.130. The minimum atomic E-state index is -1.01. The average Bonchev–Trinajstić information content (AvgIpc) is 2.47. The number of anilines is 2. The number of pyridine rings is 1. The summed E-state index contributed by atoms with van der Waals surface area (Å²) in [7, 11) is 1.66. The van der Waals surface area contributed by atoms with Crippen LogP contribution in [0.25, 0.3) is 0 Å². The van der Waals surface area contributed by atoms with Crippen LogP contribution in [0.15, 0.2) is 36.5 Å². The van der Waals surface area contributed by atoms with Crippen molar-refractivity contribution in [3.05, 3.63) is 58.0 Å². The number of nitro benzene ring substituents is 1. The van der Waals surface area contributed by atoms with E-state index < -0.39 is 22.3 Å². The van der Waals surface area contributed by atoms with Gasteiger partial charge in [0.15, 0.2) is 0 Å². The zero-order valence-corrected chi connectivity index (χ0v) is 11.0. The van der Waals surface area contributed by atoms with E-state index in [2.05, 4.69) is 15.6 Å². The molecule has 0 atom stereocenters. The topological polar surface area (TPSA) is 97.2 Å². The Bertz CT molecular complexity index is 706. The summed E-state index contributed by atoms with van der Waals surface area (Å²) in [5.41, 5.74) is -0.187. The standard InChI is InChI=1S/C13H11FN4O3/c1-15-12-6-8(4-5-16-12)13(19)17-9-2-3-11(18(20)21)10(14)7-9/h2-7H,1H3,(H,15,16)(H,17,19). The quantitative estimate of drug-likeness (QED) is 0.665. The number of rotatable bonds is 4. The zero-order valence-electron chi connectivity index (χ0n) is 11.0. The molecule has 108 valence electrons. The first-order valence-corrected chi connectivity index (χ1v) is 5.90. The third-order valence-electron chi connectivity index (χ3n) is 2.68. The van der Waals surface area contributed by atoms with E-state index in [4.69, 9.17) is 0 Å². The van der Waals surface area contributed by atoms with E-state index in [0.29, 0.717) is 11.4 Å². The van der Waals surface area contributed by atoms with Gasteiger partial charge in [0.2, 0.25) is 5.82 Å². The number of nitro groups is 1. The maximum absolute atomic E-state index is 13.5. The lowest BCUT2D eigenvalue weighted by Gasteiger charge is -2.06. The van der Waals surface area contributed by atoms with E-state index in [1.807, 2.05) is 0 Å². The smallest absolute Gasteiger partial charge is 0.304 e. The van der Waals surface area contributed by atoms with Crippen molar-refractivity contribution in [1.82, 2.24) is 4.98 Å².